The number of sulfonamides is 1. The summed E-state index contributed by atoms with van der Waals surface area (Å²) in [7, 11) is -3.87. The minimum atomic E-state index is -3.87. The number of primary sulfonamides is 1. The van der Waals surface area contributed by atoms with Crippen LogP contribution in [0.5, 0.6) is 0 Å². The molecule has 1 heterocycles. The highest BCUT2D eigenvalue weighted by Crippen LogP contribution is 2.41. The first-order valence-electron chi connectivity index (χ1n) is 6.85. The fourth-order valence-electron chi connectivity index (χ4n) is 2.54. The fraction of sp³-hybridized carbons (Fsp3) is 0.429. The van der Waals surface area contributed by atoms with E-state index >= 15 is 0 Å². The first-order valence-corrected chi connectivity index (χ1v) is 8.40. The van der Waals surface area contributed by atoms with Crippen LogP contribution in [0.15, 0.2) is 35.5 Å². The molecule has 1 aliphatic carbocycles. The van der Waals surface area contributed by atoms with Crippen LogP contribution >= 0.6 is 0 Å². The average Bonchev–Trinajstić information content (AvgIpc) is 3.16. The molecule has 0 unspecified atom stereocenters. The second-order valence-electron chi connectivity index (χ2n) is 5.94. The summed E-state index contributed by atoms with van der Waals surface area (Å²) < 4.78 is 25.1. The molecule has 1 fully saturated rings. The van der Waals surface area contributed by atoms with E-state index in [0.717, 1.165) is 18.4 Å². The van der Waals surface area contributed by atoms with E-state index in [-0.39, 0.29) is 11.2 Å². The van der Waals surface area contributed by atoms with Crippen molar-refractivity contribution in [3.05, 3.63) is 41.7 Å². The number of benzene rings is 1. The van der Waals surface area contributed by atoms with Crippen molar-refractivity contribution in [3.63, 3.8) is 0 Å². The molecule has 0 spiro atoms. The van der Waals surface area contributed by atoms with Crippen LogP contribution in [0.25, 0.3) is 0 Å². The van der Waals surface area contributed by atoms with Crippen molar-refractivity contribution in [2.24, 2.45) is 5.14 Å². The Labute approximate surface area is 124 Å². The van der Waals surface area contributed by atoms with Gasteiger partial charge in [-0.2, -0.15) is 0 Å². The first-order chi connectivity index (χ1) is 9.82. The van der Waals surface area contributed by atoms with Gasteiger partial charge in [-0.15, -0.1) is 10.2 Å². The van der Waals surface area contributed by atoms with Gasteiger partial charge in [-0.1, -0.05) is 30.3 Å². The Morgan fingerprint density at radius 2 is 1.81 bits per heavy atom. The Hall–Kier alpha value is -1.73. The van der Waals surface area contributed by atoms with Crippen LogP contribution < -0.4 is 5.14 Å². The highest BCUT2D eigenvalue weighted by Gasteiger charge is 2.38. The Kier molecular flexibility index (Phi) is 3.14. The van der Waals surface area contributed by atoms with Gasteiger partial charge in [-0.3, -0.25) is 4.57 Å². The summed E-state index contributed by atoms with van der Waals surface area (Å²) in [6.45, 7) is 4.02. The van der Waals surface area contributed by atoms with Crippen LogP contribution in [0.2, 0.25) is 0 Å². The van der Waals surface area contributed by atoms with Crippen LogP contribution in [-0.2, 0) is 15.4 Å². The van der Waals surface area contributed by atoms with Crippen molar-refractivity contribution < 1.29 is 8.42 Å². The van der Waals surface area contributed by atoms with E-state index in [0.29, 0.717) is 5.82 Å². The lowest BCUT2D eigenvalue weighted by Gasteiger charge is -2.25. The topological polar surface area (TPSA) is 90.9 Å². The molecular weight excluding hydrogens is 288 g/mol. The maximum absolute atomic E-state index is 11.7. The van der Waals surface area contributed by atoms with Gasteiger partial charge in [-0.05, 0) is 32.3 Å². The summed E-state index contributed by atoms with van der Waals surface area (Å²) in [5.74, 6) is 0.639. The van der Waals surface area contributed by atoms with Gasteiger partial charge in [0.05, 0.1) is 0 Å². The van der Waals surface area contributed by atoms with Gasteiger partial charge in [0.1, 0.15) is 5.82 Å². The molecule has 2 aromatic rings. The van der Waals surface area contributed by atoms with E-state index in [4.69, 9.17) is 5.14 Å². The predicted octanol–water partition coefficient (Wildman–Crippen LogP) is 1.59. The normalized spacial score (nSPS) is 16.1. The highest BCUT2D eigenvalue weighted by atomic mass is 32.2. The van der Waals surface area contributed by atoms with Gasteiger partial charge < -0.3 is 0 Å². The third-order valence-electron chi connectivity index (χ3n) is 3.89. The molecule has 6 nitrogen and oxygen atoms in total. The fourth-order valence-corrected chi connectivity index (χ4v) is 3.21. The lowest BCUT2D eigenvalue weighted by Crippen LogP contribution is -2.26. The van der Waals surface area contributed by atoms with Crippen molar-refractivity contribution in [1.82, 2.24) is 14.8 Å². The number of aromatic nitrogens is 3. The third kappa shape index (κ3) is 2.47. The van der Waals surface area contributed by atoms with Gasteiger partial charge in [0.15, 0.2) is 0 Å². The van der Waals surface area contributed by atoms with Crippen LogP contribution in [-0.4, -0.2) is 23.2 Å². The summed E-state index contributed by atoms with van der Waals surface area (Å²) in [6, 6.07) is 9.99. The summed E-state index contributed by atoms with van der Waals surface area (Å²) in [4.78, 5) is 0. The molecule has 112 valence electrons. The molecule has 1 aromatic heterocycles. The van der Waals surface area contributed by atoms with Crippen LogP contribution in [0.3, 0.4) is 0 Å². The van der Waals surface area contributed by atoms with E-state index < -0.39 is 15.4 Å². The number of hydrogen-bond acceptors (Lipinski definition) is 4. The minimum Gasteiger partial charge on any atom is -0.297 e. The molecule has 2 N–H and O–H groups in total. The maximum atomic E-state index is 11.7. The molecule has 0 aliphatic heterocycles. The SMILES string of the molecule is CC(C)(c1ccccc1)c1nnc(S(N)(=O)=O)n1C1CC1. The Balaban J connectivity index is 2.17. The van der Waals surface area contributed by atoms with Crippen molar-refractivity contribution in [1.29, 1.82) is 0 Å². The smallest absolute Gasteiger partial charge is 0.273 e. The minimum absolute atomic E-state index is 0.131. The lowest BCUT2D eigenvalue weighted by atomic mass is 9.83. The molecule has 0 radical (unpaired) electrons. The van der Waals surface area contributed by atoms with E-state index in [1.54, 1.807) is 4.57 Å². The van der Waals surface area contributed by atoms with Gasteiger partial charge in [-0.25, -0.2) is 13.6 Å². The highest BCUT2D eigenvalue weighted by molar-refractivity contribution is 7.89. The van der Waals surface area contributed by atoms with Crippen LogP contribution in [0.4, 0.5) is 0 Å². The van der Waals surface area contributed by atoms with E-state index in [1.165, 1.54) is 0 Å². The second kappa shape index (κ2) is 4.64. The van der Waals surface area contributed by atoms with Crippen LogP contribution in [0.1, 0.15) is 44.1 Å². The zero-order valence-electron chi connectivity index (χ0n) is 12.0. The maximum Gasteiger partial charge on any atom is 0.273 e. The zero-order chi connectivity index (χ0) is 15.3. The monoisotopic (exact) mass is 306 g/mol. The molecule has 1 saturated carbocycles. The van der Waals surface area contributed by atoms with Crippen molar-refractivity contribution in [3.8, 4) is 0 Å². The molecule has 21 heavy (non-hydrogen) atoms. The largest absolute Gasteiger partial charge is 0.297 e. The zero-order valence-corrected chi connectivity index (χ0v) is 12.8. The molecule has 1 aliphatic rings. The van der Waals surface area contributed by atoms with Crippen LogP contribution in [0, 0.1) is 0 Å². The van der Waals surface area contributed by atoms with Gasteiger partial charge in [0.2, 0.25) is 0 Å². The number of hydrogen-bond donors (Lipinski definition) is 1. The molecule has 0 saturated heterocycles. The van der Waals surface area contributed by atoms with E-state index in [1.807, 2.05) is 44.2 Å². The molecule has 7 heteroatoms. The van der Waals surface area contributed by atoms with Gasteiger partial charge in [0, 0.05) is 11.5 Å². The predicted molar refractivity (Wildman–Crippen MR) is 78.2 cm³/mol. The summed E-state index contributed by atoms with van der Waals surface area (Å²) in [6.07, 6.45) is 1.86. The Morgan fingerprint density at radius 3 is 2.33 bits per heavy atom. The quantitative estimate of drug-likeness (QED) is 0.928. The Bertz CT molecular complexity index is 762. The first kappa shape index (κ1) is 14.2. The van der Waals surface area contributed by atoms with Gasteiger partial charge in [0.25, 0.3) is 15.2 Å². The molecule has 0 amide bonds. The number of nitrogens with two attached hydrogens (primary N) is 1. The standard InChI is InChI=1S/C14H18N4O2S/c1-14(2,10-6-4-3-5-7-10)12-16-17-13(21(15,19)20)18(12)11-8-9-11/h3-7,11H,8-9H2,1-2H3,(H2,15,19,20). The lowest BCUT2D eigenvalue weighted by molar-refractivity contribution is 0.508. The van der Waals surface area contributed by atoms with E-state index in [2.05, 4.69) is 10.2 Å². The molecule has 0 atom stereocenters. The number of nitrogens with zero attached hydrogens (tertiary/aromatic N) is 3. The summed E-state index contributed by atoms with van der Waals surface area (Å²) >= 11 is 0. The van der Waals surface area contributed by atoms with Crippen molar-refractivity contribution in [2.75, 3.05) is 0 Å². The average molecular weight is 306 g/mol. The van der Waals surface area contributed by atoms with Gasteiger partial charge >= 0.3 is 0 Å². The van der Waals surface area contributed by atoms with Crippen molar-refractivity contribution >= 4 is 10.0 Å². The molecule has 1 aromatic carbocycles. The molecular formula is C14H18N4O2S. The molecule has 3 rings (SSSR count). The summed E-state index contributed by atoms with van der Waals surface area (Å²) in [5, 5.41) is 13.1. The van der Waals surface area contributed by atoms with E-state index in [9.17, 15) is 8.42 Å². The molecule has 0 bridgehead atoms. The third-order valence-corrected chi connectivity index (χ3v) is 4.67. The van der Waals surface area contributed by atoms with Crippen molar-refractivity contribution in [2.45, 2.75) is 43.3 Å². The summed E-state index contributed by atoms with van der Waals surface area (Å²) in [5.41, 5.74) is 0.611. The second-order valence-corrected chi connectivity index (χ2v) is 7.40. The number of rotatable bonds is 4. The Morgan fingerprint density at radius 1 is 1.19 bits per heavy atom.